The molecule has 1 aromatic heterocycles. The summed E-state index contributed by atoms with van der Waals surface area (Å²) in [6, 6.07) is 13.0. The van der Waals surface area contributed by atoms with Gasteiger partial charge in [0.15, 0.2) is 11.5 Å². The van der Waals surface area contributed by atoms with Gasteiger partial charge in [0.05, 0.1) is 25.5 Å². The molecule has 1 N–H and O–H groups in total. The van der Waals surface area contributed by atoms with Crippen molar-refractivity contribution in [3.8, 4) is 17.2 Å². The van der Waals surface area contributed by atoms with E-state index < -0.39 is 0 Å². The van der Waals surface area contributed by atoms with Crippen LogP contribution in [0.1, 0.15) is 28.1 Å². The Kier molecular flexibility index (Phi) is 7.32. The minimum atomic E-state index is -0.205. The lowest BCUT2D eigenvalue weighted by Crippen LogP contribution is -2.20. The maximum Gasteiger partial charge on any atom is 0.244 e. The monoisotopic (exact) mass is 422 g/mol. The van der Waals surface area contributed by atoms with Gasteiger partial charge >= 0.3 is 0 Å². The Labute approximate surface area is 181 Å². The number of rotatable bonds is 9. The summed E-state index contributed by atoms with van der Waals surface area (Å²) < 4.78 is 21.8. The van der Waals surface area contributed by atoms with Crippen LogP contribution in [0.5, 0.6) is 17.2 Å². The van der Waals surface area contributed by atoms with E-state index in [1.807, 2.05) is 56.3 Å². The zero-order chi connectivity index (χ0) is 22.2. The van der Waals surface area contributed by atoms with Crippen LogP contribution in [0.25, 0.3) is 6.08 Å². The molecule has 1 heterocycles. The van der Waals surface area contributed by atoms with E-state index in [0.717, 1.165) is 33.9 Å². The molecule has 0 bridgehead atoms. The number of para-hydroxylation sites is 1. The van der Waals surface area contributed by atoms with Crippen LogP contribution in [0.15, 0.2) is 53.1 Å². The van der Waals surface area contributed by atoms with Crippen LogP contribution < -0.4 is 19.5 Å². The Balaban J connectivity index is 1.61. The van der Waals surface area contributed by atoms with E-state index in [2.05, 4.69) is 10.5 Å². The summed E-state index contributed by atoms with van der Waals surface area (Å²) in [5, 5.41) is 6.78. The topological polar surface area (TPSA) is 82.8 Å². The molecule has 0 fully saturated rings. The number of aryl methyl sites for hydroxylation is 2. The molecule has 0 saturated heterocycles. The van der Waals surface area contributed by atoms with Gasteiger partial charge in [0.2, 0.25) is 5.91 Å². The fourth-order valence-electron chi connectivity index (χ4n) is 3.03. The van der Waals surface area contributed by atoms with Crippen LogP contribution in [0.2, 0.25) is 0 Å². The molecule has 7 nitrogen and oxygen atoms in total. The third-order valence-electron chi connectivity index (χ3n) is 4.81. The maximum atomic E-state index is 12.2. The van der Waals surface area contributed by atoms with Gasteiger partial charge in [-0.1, -0.05) is 29.4 Å². The van der Waals surface area contributed by atoms with Crippen LogP contribution >= 0.6 is 0 Å². The molecular formula is C24H26N2O5. The number of ether oxygens (including phenoxy) is 3. The SMILES string of the molecule is COc1ccccc1CNC(=O)C=Cc1ccc(OCc2c(C)noc2C)c(OC)c1. The molecule has 0 radical (unpaired) electrons. The second-order valence-corrected chi connectivity index (χ2v) is 6.86. The second kappa shape index (κ2) is 10.3. The number of carbonyl (C=O) groups excluding carboxylic acids is 1. The molecule has 0 saturated carbocycles. The molecule has 0 unspecified atom stereocenters. The number of nitrogens with zero attached hydrogens (tertiary/aromatic N) is 1. The van der Waals surface area contributed by atoms with Crippen LogP contribution in [0.4, 0.5) is 0 Å². The Morgan fingerprint density at radius 2 is 1.84 bits per heavy atom. The molecule has 3 aromatic rings. The molecule has 0 spiro atoms. The number of benzene rings is 2. The molecule has 1 amide bonds. The summed E-state index contributed by atoms with van der Waals surface area (Å²) in [5.74, 6) is 2.44. The second-order valence-electron chi connectivity index (χ2n) is 6.86. The van der Waals surface area contributed by atoms with Crippen LogP contribution in [-0.2, 0) is 17.9 Å². The van der Waals surface area contributed by atoms with Crippen molar-refractivity contribution < 1.29 is 23.5 Å². The van der Waals surface area contributed by atoms with Gasteiger partial charge in [0.25, 0.3) is 0 Å². The van der Waals surface area contributed by atoms with Crippen molar-refractivity contribution in [1.82, 2.24) is 10.5 Å². The normalized spacial score (nSPS) is 10.8. The quantitative estimate of drug-likeness (QED) is 0.520. The maximum absolute atomic E-state index is 12.2. The van der Waals surface area contributed by atoms with Gasteiger partial charge in [-0.25, -0.2) is 0 Å². The van der Waals surface area contributed by atoms with E-state index in [1.165, 1.54) is 6.08 Å². The van der Waals surface area contributed by atoms with E-state index in [1.54, 1.807) is 20.3 Å². The first-order valence-electron chi connectivity index (χ1n) is 9.82. The number of amides is 1. The molecule has 0 aliphatic carbocycles. The third kappa shape index (κ3) is 5.66. The number of carbonyl (C=O) groups is 1. The smallest absolute Gasteiger partial charge is 0.244 e. The number of hydrogen-bond donors (Lipinski definition) is 1. The lowest BCUT2D eigenvalue weighted by atomic mass is 10.1. The van der Waals surface area contributed by atoms with Crippen molar-refractivity contribution in [1.29, 1.82) is 0 Å². The Hall–Kier alpha value is -3.74. The van der Waals surface area contributed by atoms with E-state index >= 15 is 0 Å². The van der Waals surface area contributed by atoms with Crippen LogP contribution in [-0.4, -0.2) is 25.3 Å². The van der Waals surface area contributed by atoms with Gasteiger partial charge < -0.3 is 24.1 Å². The Bertz CT molecular complexity index is 1050. The highest BCUT2D eigenvalue weighted by Crippen LogP contribution is 2.30. The number of nitrogens with one attached hydrogen (secondary N) is 1. The fraction of sp³-hybridized carbons (Fsp3) is 0.250. The van der Waals surface area contributed by atoms with Crippen molar-refractivity contribution in [2.24, 2.45) is 0 Å². The lowest BCUT2D eigenvalue weighted by Gasteiger charge is -2.11. The van der Waals surface area contributed by atoms with Crippen LogP contribution in [0.3, 0.4) is 0 Å². The Morgan fingerprint density at radius 1 is 1.06 bits per heavy atom. The average molecular weight is 422 g/mol. The van der Waals surface area contributed by atoms with E-state index in [0.29, 0.717) is 24.7 Å². The zero-order valence-corrected chi connectivity index (χ0v) is 18.1. The molecular weight excluding hydrogens is 396 g/mol. The predicted molar refractivity (Wildman–Crippen MR) is 117 cm³/mol. The van der Waals surface area contributed by atoms with Crippen LogP contribution in [0, 0.1) is 13.8 Å². The summed E-state index contributed by atoms with van der Waals surface area (Å²) in [4.78, 5) is 12.2. The first kappa shape index (κ1) is 22.0. The van der Waals surface area contributed by atoms with E-state index in [4.69, 9.17) is 18.7 Å². The first-order chi connectivity index (χ1) is 15.0. The highest BCUT2D eigenvalue weighted by atomic mass is 16.5. The molecule has 0 aliphatic heterocycles. The largest absolute Gasteiger partial charge is 0.496 e. The summed E-state index contributed by atoms with van der Waals surface area (Å²) in [6.07, 6.45) is 3.20. The zero-order valence-electron chi connectivity index (χ0n) is 18.1. The highest BCUT2D eigenvalue weighted by molar-refractivity contribution is 5.91. The Morgan fingerprint density at radius 3 is 2.55 bits per heavy atom. The van der Waals surface area contributed by atoms with E-state index in [9.17, 15) is 4.79 Å². The standard InChI is InChI=1S/C24H26N2O5/c1-16-20(17(2)31-26-16)15-30-22-11-9-18(13-23(22)29-4)10-12-24(27)25-14-19-7-5-6-8-21(19)28-3/h5-13H,14-15H2,1-4H3,(H,25,27). The van der Waals surface area contributed by atoms with Gasteiger partial charge in [-0.2, -0.15) is 0 Å². The molecule has 162 valence electrons. The van der Waals surface area contributed by atoms with Gasteiger partial charge in [-0.15, -0.1) is 0 Å². The van der Waals surface area contributed by atoms with Crippen molar-refractivity contribution in [2.45, 2.75) is 27.0 Å². The van der Waals surface area contributed by atoms with Crippen molar-refractivity contribution in [2.75, 3.05) is 14.2 Å². The number of hydrogen-bond acceptors (Lipinski definition) is 6. The third-order valence-corrected chi connectivity index (χ3v) is 4.81. The molecule has 7 heteroatoms. The molecule has 0 aliphatic rings. The minimum absolute atomic E-state index is 0.205. The number of aromatic nitrogens is 1. The van der Waals surface area contributed by atoms with E-state index in [-0.39, 0.29) is 5.91 Å². The van der Waals surface area contributed by atoms with Gasteiger partial charge in [0.1, 0.15) is 18.1 Å². The van der Waals surface area contributed by atoms with Gasteiger partial charge in [0, 0.05) is 18.2 Å². The predicted octanol–water partition coefficient (Wildman–Crippen LogP) is 4.22. The lowest BCUT2D eigenvalue weighted by molar-refractivity contribution is -0.116. The van der Waals surface area contributed by atoms with Crippen molar-refractivity contribution in [3.63, 3.8) is 0 Å². The number of methoxy groups -OCH3 is 2. The highest BCUT2D eigenvalue weighted by Gasteiger charge is 2.12. The summed E-state index contributed by atoms with van der Waals surface area (Å²) >= 11 is 0. The summed E-state index contributed by atoms with van der Waals surface area (Å²) in [6.45, 7) is 4.44. The molecule has 3 rings (SSSR count). The minimum Gasteiger partial charge on any atom is -0.496 e. The summed E-state index contributed by atoms with van der Waals surface area (Å²) in [7, 11) is 3.18. The average Bonchev–Trinajstić information content (AvgIpc) is 3.12. The van der Waals surface area contributed by atoms with Gasteiger partial charge in [-0.3, -0.25) is 4.79 Å². The fourth-order valence-corrected chi connectivity index (χ4v) is 3.03. The summed E-state index contributed by atoms with van der Waals surface area (Å²) in [5.41, 5.74) is 3.44. The molecule has 31 heavy (non-hydrogen) atoms. The molecule has 2 aromatic carbocycles. The van der Waals surface area contributed by atoms with Gasteiger partial charge in [-0.05, 0) is 43.7 Å². The molecule has 0 atom stereocenters. The van der Waals surface area contributed by atoms with Crippen molar-refractivity contribution in [3.05, 3.63) is 76.7 Å². The van der Waals surface area contributed by atoms with Crippen molar-refractivity contribution >= 4 is 12.0 Å². The first-order valence-corrected chi connectivity index (χ1v) is 9.82.